The van der Waals surface area contributed by atoms with E-state index in [0.717, 1.165) is 0 Å². The molecule has 0 nitrogen and oxygen atoms in total. The molecule has 0 amide bonds. The fourth-order valence-corrected chi connectivity index (χ4v) is 0. The van der Waals surface area contributed by atoms with Gasteiger partial charge in [-0.2, -0.15) is 0 Å². The minimum atomic E-state index is 0. The van der Waals surface area contributed by atoms with Crippen LogP contribution in [0, 0.1) is 0 Å². The average molecular weight is 434 g/mol. The van der Waals surface area contributed by atoms with E-state index in [0.29, 0.717) is 0 Å². The molecule has 5 heteroatoms. The molecule has 0 fully saturated rings. The second kappa shape index (κ2) is 25.8. The van der Waals surface area contributed by atoms with Crippen molar-refractivity contribution in [3.8, 4) is 0 Å². The van der Waals surface area contributed by atoms with Crippen LogP contribution in [0.25, 0.3) is 0 Å². The first kappa shape index (κ1) is 38.9. The molecular formula is H8AlNbSbSnZn. The standard InChI is InChI=1S/Al.Nb.Sb.Sn.Zn.8H. The monoisotopic (exact) mass is 433 g/mol. The Morgan fingerprint density at radius 3 is 1.00 bits per heavy atom. The van der Waals surface area contributed by atoms with Gasteiger partial charge in [-0.15, -0.1) is 0 Å². The first-order valence-corrected chi connectivity index (χ1v) is 0. The van der Waals surface area contributed by atoms with E-state index < -0.39 is 0 Å². The summed E-state index contributed by atoms with van der Waals surface area (Å²) in [6.07, 6.45) is 0. The number of hydrogen-bond acceptors (Lipinski definition) is 0. The van der Waals surface area contributed by atoms with Gasteiger partial charge in [0.1, 0.15) is 0 Å². The van der Waals surface area contributed by atoms with E-state index in [4.69, 9.17) is 0 Å². The molecule has 0 aliphatic heterocycles. The van der Waals surface area contributed by atoms with Crippen LogP contribution in [-0.4, -0.2) is 65.7 Å². The van der Waals surface area contributed by atoms with E-state index >= 15 is 0 Å². The molecule has 0 rings (SSSR count). The third kappa shape index (κ3) is 18.5. The van der Waals surface area contributed by atoms with E-state index in [9.17, 15) is 0 Å². The van der Waals surface area contributed by atoms with Gasteiger partial charge >= 0.3 is 48.3 Å². The minimum absolute atomic E-state index is 0. The molecule has 0 saturated heterocycles. The van der Waals surface area contributed by atoms with Gasteiger partial charge < -0.3 is 0 Å². The van der Waals surface area contributed by atoms with Gasteiger partial charge in [0.25, 0.3) is 0 Å². The summed E-state index contributed by atoms with van der Waals surface area (Å²) < 4.78 is 0. The molecule has 0 bridgehead atoms. The minimum Gasteiger partial charge on any atom is 0 e. The summed E-state index contributed by atoms with van der Waals surface area (Å²) in [4.78, 5) is 0. The predicted octanol–water partition coefficient (Wildman–Crippen LogP) is -3.29. The zero-order chi connectivity index (χ0) is 0. The summed E-state index contributed by atoms with van der Waals surface area (Å²) in [5.74, 6) is 0. The summed E-state index contributed by atoms with van der Waals surface area (Å²) in [6, 6.07) is 0. The summed E-state index contributed by atoms with van der Waals surface area (Å²) in [6.45, 7) is 0. The largest absolute Gasteiger partial charge is 0 e. The van der Waals surface area contributed by atoms with Crippen LogP contribution in [0.15, 0.2) is 0 Å². The molecule has 0 aromatic carbocycles. The summed E-state index contributed by atoms with van der Waals surface area (Å²) in [7, 11) is 0. The second-order valence-electron chi connectivity index (χ2n) is 0. The van der Waals surface area contributed by atoms with Gasteiger partial charge in [0, 0.05) is 41.9 Å². The quantitative estimate of drug-likeness (QED) is 0.351. The smallest absolute Gasteiger partial charge is 0 e. The molecule has 0 saturated carbocycles. The van der Waals surface area contributed by atoms with Gasteiger partial charge in [-0.25, -0.2) is 0 Å². The Morgan fingerprint density at radius 2 is 1.00 bits per heavy atom. The van der Waals surface area contributed by atoms with Crippen LogP contribution >= 0.6 is 0 Å². The summed E-state index contributed by atoms with van der Waals surface area (Å²) in [5.41, 5.74) is 0. The second-order valence-corrected chi connectivity index (χ2v) is 0. The van der Waals surface area contributed by atoms with Crippen molar-refractivity contribution < 1.29 is 41.9 Å². The molecule has 0 aliphatic rings. The maximum atomic E-state index is 0. The zero-order valence-corrected chi connectivity index (χ0v) is 15.8. The molecule has 0 aromatic rings. The first-order chi connectivity index (χ1) is 0. The summed E-state index contributed by atoms with van der Waals surface area (Å²) >= 11 is 0. The molecular weight excluding hydrogens is 426 g/mol. The van der Waals surface area contributed by atoms with E-state index in [1.165, 1.54) is 0 Å². The number of rotatable bonds is 0. The SMILES string of the molecule is [AlH3].[Nb].[SbH3].[SnH2].[Zn]. The Hall–Kier alpha value is 3.51. The third-order valence-corrected chi connectivity index (χ3v) is 0. The summed E-state index contributed by atoms with van der Waals surface area (Å²) in [5, 5.41) is 0. The van der Waals surface area contributed by atoms with Crippen molar-refractivity contribution in [2.75, 3.05) is 0 Å². The van der Waals surface area contributed by atoms with Crippen LogP contribution < -0.4 is 0 Å². The molecule has 0 aliphatic carbocycles. The molecule has 0 heterocycles. The van der Waals surface area contributed by atoms with E-state index in [-0.39, 0.29) is 108 Å². The van der Waals surface area contributed by atoms with Crippen molar-refractivity contribution in [3.63, 3.8) is 0 Å². The normalized spacial score (nSPS) is 0. The van der Waals surface area contributed by atoms with Crippen molar-refractivity contribution >= 4 is 65.7 Å². The number of hydrogen-bond donors (Lipinski definition) is 0. The van der Waals surface area contributed by atoms with Crippen molar-refractivity contribution in [1.82, 2.24) is 0 Å². The van der Waals surface area contributed by atoms with Crippen molar-refractivity contribution in [2.24, 2.45) is 0 Å². The molecule has 0 aromatic heterocycles. The van der Waals surface area contributed by atoms with E-state index in [1.54, 1.807) is 0 Å². The topological polar surface area (TPSA) is 0 Å². The molecule has 0 atom stereocenters. The molecule has 5 heavy (non-hydrogen) atoms. The average Bonchev–Trinajstić information content (AvgIpc) is 0. The van der Waals surface area contributed by atoms with Crippen LogP contribution in [0.5, 0.6) is 0 Å². The Bertz CT molecular complexity index is 11.6. The molecule has 3 radical (unpaired) electrons. The van der Waals surface area contributed by atoms with Crippen molar-refractivity contribution in [1.29, 1.82) is 0 Å². The van der Waals surface area contributed by atoms with Gasteiger partial charge in [0.05, 0.1) is 0 Å². The van der Waals surface area contributed by atoms with Gasteiger partial charge in [0.2, 0.25) is 0 Å². The maximum Gasteiger partial charge on any atom is 0 e. The van der Waals surface area contributed by atoms with Gasteiger partial charge in [0.15, 0.2) is 17.4 Å². The third-order valence-electron chi connectivity index (χ3n) is 0. The van der Waals surface area contributed by atoms with Gasteiger partial charge in [-0.05, 0) is 0 Å². The fraction of sp³-hybridized carbons (Fsp3) is 0. The van der Waals surface area contributed by atoms with Crippen molar-refractivity contribution in [2.45, 2.75) is 0 Å². The van der Waals surface area contributed by atoms with Gasteiger partial charge in [-0.1, -0.05) is 0 Å². The molecule has 0 N–H and O–H groups in total. The van der Waals surface area contributed by atoms with Gasteiger partial charge in [-0.3, -0.25) is 0 Å². The zero-order valence-electron chi connectivity index (χ0n) is 2.57. The molecule has 0 unspecified atom stereocenters. The van der Waals surface area contributed by atoms with Crippen LogP contribution in [0.1, 0.15) is 0 Å². The van der Waals surface area contributed by atoms with Crippen LogP contribution in [0.2, 0.25) is 0 Å². The first-order valence-electron chi connectivity index (χ1n) is 0. The van der Waals surface area contributed by atoms with Crippen LogP contribution in [-0.2, 0) is 41.9 Å². The van der Waals surface area contributed by atoms with Crippen molar-refractivity contribution in [3.05, 3.63) is 0 Å². The maximum absolute atomic E-state index is 0. The fourth-order valence-electron chi connectivity index (χ4n) is 0. The van der Waals surface area contributed by atoms with E-state index in [1.807, 2.05) is 0 Å². The Balaban J connectivity index is 0. The predicted molar refractivity (Wildman–Crippen MR) is 28.4 cm³/mol. The Labute approximate surface area is 105 Å². The van der Waals surface area contributed by atoms with Crippen LogP contribution in [0.3, 0.4) is 0 Å². The molecule has 0 spiro atoms. The van der Waals surface area contributed by atoms with E-state index in [2.05, 4.69) is 0 Å². The Kier molecular flexibility index (Phi) is 201. The molecule has 27 valence electrons. The Morgan fingerprint density at radius 1 is 1.00 bits per heavy atom. The van der Waals surface area contributed by atoms with Crippen LogP contribution in [0.4, 0.5) is 0 Å².